The van der Waals surface area contributed by atoms with E-state index in [-0.39, 0.29) is 6.61 Å². The Morgan fingerprint density at radius 1 is 1.04 bits per heavy atom. The zero-order chi connectivity index (χ0) is 19.8. The van der Waals surface area contributed by atoms with Crippen molar-refractivity contribution >= 4 is 23.6 Å². The second-order valence-electron chi connectivity index (χ2n) is 5.85. The van der Waals surface area contributed by atoms with Gasteiger partial charge in [0.05, 0.1) is 14.2 Å². The van der Waals surface area contributed by atoms with E-state index < -0.39 is 11.9 Å². The van der Waals surface area contributed by atoms with Gasteiger partial charge in [0.1, 0.15) is 0 Å². The van der Waals surface area contributed by atoms with Gasteiger partial charge in [0, 0.05) is 11.8 Å². The van der Waals surface area contributed by atoms with Gasteiger partial charge in [-0.3, -0.25) is 4.79 Å². The largest absolute Gasteiger partial charge is 0.493 e. The first-order valence-electron chi connectivity index (χ1n) is 8.37. The van der Waals surface area contributed by atoms with E-state index in [2.05, 4.69) is 5.32 Å². The van der Waals surface area contributed by atoms with E-state index in [0.717, 1.165) is 16.7 Å². The van der Waals surface area contributed by atoms with E-state index >= 15 is 0 Å². The predicted molar refractivity (Wildman–Crippen MR) is 104 cm³/mol. The molecule has 0 bridgehead atoms. The third kappa shape index (κ3) is 5.60. The van der Waals surface area contributed by atoms with Gasteiger partial charge in [-0.1, -0.05) is 18.2 Å². The standard InChI is InChI=1S/C21H23NO5/c1-14-6-5-7-17(15(14)2)22-20(23)13-27-21(24)11-9-16-8-10-18(25-3)19(12-16)26-4/h5-12H,13H2,1-4H3,(H,22,23). The van der Waals surface area contributed by atoms with Crippen LogP contribution in [0.5, 0.6) is 11.5 Å². The summed E-state index contributed by atoms with van der Waals surface area (Å²) in [6.07, 6.45) is 2.83. The zero-order valence-electron chi connectivity index (χ0n) is 15.9. The number of nitrogens with one attached hydrogen (secondary N) is 1. The number of methoxy groups -OCH3 is 2. The van der Waals surface area contributed by atoms with E-state index in [9.17, 15) is 9.59 Å². The number of esters is 1. The molecule has 0 atom stereocenters. The van der Waals surface area contributed by atoms with Gasteiger partial charge in [0.15, 0.2) is 18.1 Å². The van der Waals surface area contributed by atoms with Crippen LogP contribution in [0.25, 0.3) is 6.08 Å². The molecule has 142 valence electrons. The summed E-state index contributed by atoms with van der Waals surface area (Å²) < 4.78 is 15.3. The molecule has 0 saturated carbocycles. The third-order valence-corrected chi connectivity index (χ3v) is 4.04. The highest BCUT2D eigenvalue weighted by Crippen LogP contribution is 2.27. The van der Waals surface area contributed by atoms with E-state index in [1.54, 1.807) is 37.5 Å². The van der Waals surface area contributed by atoms with Crippen LogP contribution in [0.4, 0.5) is 5.69 Å². The SMILES string of the molecule is COc1ccc(C=CC(=O)OCC(=O)Nc2cccc(C)c2C)cc1OC. The van der Waals surface area contributed by atoms with E-state index in [1.165, 1.54) is 13.2 Å². The van der Waals surface area contributed by atoms with Crippen LogP contribution < -0.4 is 14.8 Å². The summed E-state index contributed by atoms with van der Waals surface area (Å²) in [6, 6.07) is 10.9. The molecule has 2 rings (SSSR count). The smallest absolute Gasteiger partial charge is 0.331 e. The van der Waals surface area contributed by atoms with E-state index in [0.29, 0.717) is 17.2 Å². The van der Waals surface area contributed by atoms with Crippen LogP contribution in [0.2, 0.25) is 0 Å². The van der Waals surface area contributed by atoms with Crippen molar-refractivity contribution < 1.29 is 23.8 Å². The van der Waals surface area contributed by atoms with Gasteiger partial charge in [-0.25, -0.2) is 4.79 Å². The topological polar surface area (TPSA) is 73.9 Å². The number of anilines is 1. The van der Waals surface area contributed by atoms with Crippen molar-refractivity contribution in [1.29, 1.82) is 0 Å². The summed E-state index contributed by atoms with van der Waals surface area (Å²) in [6.45, 7) is 3.52. The average Bonchev–Trinajstić information content (AvgIpc) is 2.68. The van der Waals surface area contributed by atoms with E-state index in [4.69, 9.17) is 14.2 Å². The lowest BCUT2D eigenvalue weighted by molar-refractivity contribution is -0.142. The number of benzene rings is 2. The second-order valence-corrected chi connectivity index (χ2v) is 5.85. The molecule has 0 heterocycles. The molecule has 6 heteroatoms. The van der Waals surface area contributed by atoms with Crippen LogP contribution in [-0.2, 0) is 14.3 Å². The maximum absolute atomic E-state index is 12.0. The molecule has 1 N–H and O–H groups in total. The number of carbonyl (C=O) groups is 2. The summed E-state index contributed by atoms with van der Waals surface area (Å²) in [5, 5.41) is 2.74. The molecule has 0 fully saturated rings. The fourth-order valence-electron chi connectivity index (χ4n) is 2.38. The number of carbonyl (C=O) groups excluding carboxylic acids is 2. The summed E-state index contributed by atoms with van der Waals surface area (Å²) in [5.41, 5.74) is 3.49. The molecule has 1 amide bonds. The number of ether oxygens (including phenoxy) is 3. The van der Waals surface area contributed by atoms with E-state index in [1.807, 2.05) is 26.0 Å². The van der Waals surface area contributed by atoms with Crippen molar-refractivity contribution in [3.63, 3.8) is 0 Å². The quantitative estimate of drug-likeness (QED) is 0.597. The molecule has 6 nitrogen and oxygen atoms in total. The van der Waals surface area contributed by atoms with Gasteiger partial charge in [-0.15, -0.1) is 0 Å². The molecule has 0 aromatic heterocycles. The Bertz CT molecular complexity index is 858. The lowest BCUT2D eigenvalue weighted by Gasteiger charge is -2.10. The fraction of sp³-hybridized carbons (Fsp3) is 0.238. The molecule has 0 saturated heterocycles. The van der Waals surface area contributed by atoms with Gasteiger partial charge in [0.25, 0.3) is 5.91 Å². The number of hydrogen-bond acceptors (Lipinski definition) is 5. The van der Waals surface area contributed by atoms with Crippen molar-refractivity contribution in [3.05, 3.63) is 59.2 Å². The third-order valence-electron chi connectivity index (χ3n) is 4.04. The van der Waals surface area contributed by atoms with Crippen molar-refractivity contribution in [2.24, 2.45) is 0 Å². The highest BCUT2D eigenvalue weighted by atomic mass is 16.5. The van der Waals surface area contributed by atoms with Crippen molar-refractivity contribution in [2.45, 2.75) is 13.8 Å². The molecular formula is C21H23NO5. The predicted octanol–water partition coefficient (Wildman–Crippen LogP) is 3.52. The molecule has 0 spiro atoms. The van der Waals surface area contributed by atoms with Crippen LogP contribution >= 0.6 is 0 Å². The highest BCUT2D eigenvalue weighted by Gasteiger charge is 2.08. The van der Waals surface area contributed by atoms with Gasteiger partial charge in [-0.2, -0.15) is 0 Å². The van der Waals surface area contributed by atoms with Gasteiger partial charge in [-0.05, 0) is 54.8 Å². The minimum Gasteiger partial charge on any atom is -0.493 e. The van der Waals surface area contributed by atoms with Crippen molar-refractivity contribution in [2.75, 3.05) is 26.1 Å². The van der Waals surface area contributed by atoms with Gasteiger partial charge in [0.2, 0.25) is 0 Å². The number of aryl methyl sites for hydroxylation is 1. The number of rotatable bonds is 7. The summed E-state index contributed by atoms with van der Waals surface area (Å²) in [4.78, 5) is 23.8. The first-order chi connectivity index (χ1) is 12.9. The molecule has 0 aliphatic heterocycles. The summed E-state index contributed by atoms with van der Waals surface area (Å²) in [5.74, 6) is 0.152. The molecule has 2 aromatic rings. The monoisotopic (exact) mass is 369 g/mol. The molecule has 0 aliphatic rings. The highest BCUT2D eigenvalue weighted by molar-refractivity contribution is 5.95. The summed E-state index contributed by atoms with van der Waals surface area (Å²) >= 11 is 0. The average molecular weight is 369 g/mol. The normalized spacial score (nSPS) is 10.5. The lowest BCUT2D eigenvalue weighted by Crippen LogP contribution is -2.20. The minimum absolute atomic E-state index is 0.359. The second kappa shape index (κ2) is 9.43. The Kier molecular flexibility index (Phi) is 7.00. The molecular weight excluding hydrogens is 346 g/mol. The maximum atomic E-state index is 12.0. The maximum Gasteiger partial charge on any atom is 0.331 e. The first-order valence-corrected chi connectivity index (χ1v) is 8.37. The Hall–Kier alpha value is -3.28. The van der Waals surface area contributed by atoms with Crippen LogP contribution in [0.15, 0.2) is 42.5 Å². The first kappa shape index (κ1) is 20.0. The van der Waals surface area contributed by atoms with Crippen LogP contribution in [0, 0.1) is 13.8 Å². The lowest BCUT2D eigenvalue weighted by atomic mass is 10.1. The molecule has 27 heavy (non-hydrogen) atoms. The zero-order valence-corrected chi connectivity index (χ0v) is 15.9. The summed E-state index contributed by atoms with van der Waals surface area (Å²) in [7, 11) is 3.09. The van der Waals surface area contributed by atoms with Gasteiger partial charge >= 0.3 is 5.97 Å². The number of amides is 1. The van der Waals surface area contributed by atoms with Crippen molar-refractivity contribution in [3.8, 4) is 11.5 Å². The fourth-order valence-corrected chi connectivity index (χ4v) is 2.38. The van der Waals surface area contributed by atoms with Crippen LogP contribution in [0.3, 0.4) is 0 Å². The Morgan fingerprint density at radius 2 is 1.78 bits per heavy atom. The molecule has 2 aromatic carbocycles. The number of hydrogen-bond donors (Lipinski definition) is 1. The van der Waals surface area contributed by atoms with Crippen LogP contribution in [-0.4, -0.2) is 32.7 Å². The minimum atomic E-state index is -0.610. The Morgan fingerprint density at radius 3 is 2.48 bits per heavy atom. The van der Waals surface area contributed by atoms with Crippen molar-refractivity contribution in [1.82, 2.24) is 0 Å². The molecule has 0 unspecified atom stereocenters. The van der Waals surface area contributed by atoms with Gasteiger partial charge < -0.3 is 19.5 Å². The Labute approximate surface area is 158 Å². The molecule has 0 radical (unpaired) electrons. The Balaban J connectivity index is 1.89. The van der Waals surface area contributed by atoms with Crippen LogP contribution in [0.1, 0.15) is 16.7 Å². The molecule has 0 aliphatic carbocycles.